The van der Waals surface area contributed by atoms with Gasteiger partial charge in [0.1, 0.15) is 11.9 Å². The number of hydrogen-bond acceptors (Lipinski definition) is 5. The van der Waals surface area contributed by atoms with Gasteiger partial charge in [0.05, 0.1) is 4.90 Å². The summed E-state index contributed by atoms with van der Waals surface area (Å²) in [4.78, 5) is 15.5. The Bertz CT molecular complexity index is 1490. The number of nitrogens with two attached hydrogens (primary N) is 2. The molecule has 1 saturated heterocycles. The number of amides is 1. The van der Waals surface area contributed by atoms with Crippen LogP contribution in [-0.2, 0) is 21.2 Å². The number of amidine groups is 1. The largest absolute Gasteiger partial charge is 0.384 e. The smallest absolute Gasteiger partial charge is 0.241 e. The van der Waals surface area contributed by atoms with E-state index in [0.717, 1.165) is 19.3 Å². The molecule has 3 aromatic rings. The molecule has 0 spiro atoms. The number of likely N-dealkylation sites (tertiary alicyclic amines) is 1. The third-order valence-electron chi connectivity index (χ3n) is 7.16. The van der Waals surface area contributed by atoms with Crippen molar-refractivity contribution < 1.29 is 13.2 Å². The van der Waals surface area contributed by atoms with Crippen molar-refractivity contribution in [3.05, 3.63) is 87.9 Å². The van der Waals surface area contributed by atoms with Crippen LogP contribution in [0.4, 0.5) is 0 Å². The highest BCUT2D eigenvalue weighted by Gasteiger charge is 2.32. The minimum absolute atomic E-state index is 0.00737. The highest BCUT2D eigenvalue weighted by Crippen LogP contribution is 2.31. The topological polar surface area (TPSA) is 142 Å². The predicted octanol–water partition coefficient (Wildman–Crippen LogP) is 4.42. The van der Waals surface area contributed by atoms with Gasteiger partial charge in [-0.3, -0.25) is 10.2 Å². The average molecular weight is 603 g/mol. The lowest BCUT2D eigenvalue weighted by Crippen LogP contribution is -2.51. The molecular formula is C29H33Cl2N5O3S. The number of rotatable bonds is 10. The lowest BCUT2D eigenvalue weighted by molar-refractivity contribution is -0.134. The Morgan fingerprint density at radius 3 is 2.45 bits per heavy atom. The number of nitrogens with one attached hydrogen (secondary N) is 2. The number of nitrogen functional groups attached to an aromatic ring is 1. The molecule has 0 saturated carbocycles. The molecular weight excluding hydrogens is 569 g/mol. The summed E-state index contributed by atoms with van der Waals surface area (Å²) in [5.41, 5.74) is 13.8. The van der Waals surface area contributed by atoms with Gasteiger partial charge in [-0.05, 0) is 79.6 Å². The summed E-state index contributed by atoms with van der Waals surface area (Å²) < 4.78 is 30.0. The van der Waals surface area contributed by atoms with Crippen molar-refractivity contribution in [2.24, 2.45) is 17.4 Å². The standard InChI is InChI=1S/C29H33Cl2N5O3S/c30-23-7-8-25(26(31)18-23)21-4-2-6-24(17-21)40(38,39)35-27(16-20-3-1-5-22(15-20)28(33)34)29(37)36-13-10-19(9-12-32)11-14-36/h1-8,15,17-19,27,35H,9-14,16,32H2,(H3,33,34)/t27-/m0/s1. The van der Waals surface area contributed by atoms with E-state index in [-0.39, 0.29) is 23.1 Å². The molecule has 4 rings (SSSR count). The predicted molar refractivity (Wildman–Crippen MR) is 160 cm³/mol. The third-order valence-corrected chi connectivity index (χ3v) is 9.18. The molecule has 11 heteroatoms. The number of sulfonamides is 1. The van der Waals surface area contributed by atoms with Crippen LogP contribution in [0.25, 0.3) is 11.1 Å². The molecule has 1 amide bonds. The lowest BCUT2D eigenvalue weighted by atomic mass is 9.93. The van der Waals surface area contributed by atoms with Crippen molar-refractivity contribution >= 4 is 45.0 Å². The molecule has 1 fully saturated rings. The van der Waals surface area contributed by atoms with E-state index >= 15 is 0 Å². The molecule has 0 bridgehead atoms. The summed E-state index contributed by atoms with van der Waals surface area (Å²) in [6.07, 6.45) is 2.66. The summed E-state index contributed by atoms with van der Waals surface area (Å²) in [6, 6.07) is 17.3. The molecule has 0 aliphatic carbocycles. The number of nitrogens with zero attached hydrogens (tertiary/aromatic N) is 1. The van der Waals surface area contributed by atoms with Gasteiger partial charge in [0.15, 0.2) is 0 Å². The van der Waals surface area contributed by atoms with Gasteiger partial charge in [-0.25, -0.2) is 8.42 Å². The summed E-state index contributed by atoms with van der Waals surface area (Å²) in [7, 11) is -4.11. The minimum atomic E-state index is -4.11. The Morgan fingerprint density at radius 2 is 1.77 bits per heavy atom. The van der Waals surface area contributed by atoms with Gasteiger partial charge in [-0.15, -0.1) is 0 Å². The number of piperidine rings is 1. The van der Waals surface area contributed by atoms with E-state index in [1.165, 1.54) is 12.1 Å². The van der Waals surface area contributed by atoms with Gasteiger partial charge in [-0.2, -0.15) is 4.72 Å². The normalized spacial score (nSPS) is 15.1. The SMILES string of the molecule is N=C(N)c1cccc(C[C@H](NS(=O)(=O)c2cccc(-c3ccc(Cl)cc3Cl)c2)C(=O)N2CCC(CCN)CC2)c1. The molecule has 0 aromatic heterocycles. The first-order valence-electron chi connectivity index (χ1n) is 13.1. The fourth-order valence-corrected chi connectivity index (χ4v) is 6.74. The van der Waals surface area contributed by atoms with Crippen LogP contribution in [0.1, 0.15) is 30.4 Å². The van der Waals surface area contributed by atoms with E-state index in [0.29, 0.717) is 57.9 Å². The number of carbonyl (C=O) groups is 1. The van der Waals surface area contributed by atoms with Crippen LogP contribution in [-0.4, -0.2) is 50.7 Å². The monoisotopic (exact) mass is 601 g/mol. The first-order valence-corrected chi connectivity index (χ1v) is 15.3. The van der Waals surface area contributed by atoms with E-state index in [1.54, 1.807) is 59.5 Å². The molecule has 8 nitrogen and oxygen atoms in total. The quantitative estimate of drug-likeness (QED) is 0.201. The van der Waals surface area contributed by atoms with E-state index < -0.39 is 16.1 Å². The minimum Gasteiger partial charge on any atom is -0.384 e. The molecule has 40 heavy (non-hydrogen) atoms. The van der Waals surface area contributed by atoms with Crippen LogP contribution < -0.4 is 16.2 Å². The number of carbonyl (C=O) groups excluding carboxylic acids is 1. The van der Waals surface area contributed by atoms with Crippen molar-refractivity contribution in [3.8, 4) is 11.1 Å². The molecule has 3 aromatic carbocycles. The molecule has 0 radical (unpaired) electrons. The van der Waals surface area contributed by atoms with Crippen molar-refractivity contribution in [1.82, 2.24) is 9.62 Å². The maximum atomic E-state index is 13.7. The first-order chi connectivity index (χ1) is 19.1. The Labute approximate surface area is 245 Å². The van der Waals surface area contributed by atoms with Crippen molar-refractivity contribution in [1.29, 1.82) is 5.41 Å². The van der Waals surface area contributed by atoms with Crippen LogP contribution in [0, 0.1) is 11.3 Å². The van der Waals surface area contributed by atoms with E-state index in [2.05, 4.69) is 4.72 Å². The maximum Gasteiger partial charge on any atom is 0.241 e. The van der Waals surface area contributed by atoms with E-state index in [4.69, 9.17) is 40.1 Å². The molecule has 0 unspecified atom stereocenters. The van der Waals surface area contributed by atoms with Crippen molar-refractivity contribution in [2.45, 2.75) is 36.6 Å². The molecule has 1 aliphatic heterocycles. The lowest BCUT2D eigenvalue weighted by Gasteiger charge is -2.34. The van der Waals surface area contributed by atoms with Crippen LogP contribution in [0.5, 0.6) is 0 Å². The number of hydrogen-bond donors (Lipinski definition) is 4. The fourth-order valence-electron chi connectivity index (χ4n) is 4.99. The number of benzene rings is 3. The fraction of sp³-hybridized carbons (Fsp3) is 0.310. The Balaban J connectivity index is 1.62. The maximum absolute atomic E-state index is 13.7. The van der Waals surface area contributed by atoms with Crippen molar-refractivity contribution in [2.75, 3.05) is 19.6 Å². The van der Waals surface area contributed by atoms with Crippen LogP contribution in [0.2, 0.25) is 10.0 Å². The molecule has 212 valence electrons. The van der Waals surface area contributed by atoms with Crippen LogP contribution in [0.3, 0.4) is 0 Å². The highest BCUT2D eigenvalue weighted by molar-refractivity contribution is 7.89. The van der Waals surface area contributed by atoms with E-state index in [1.807, 2.05) is 0 Å². The van der Waals surface area contributed by atoms with Gasteiger partial charge in [0.2, 0.25) is 15.9 Å². The third kappa shape index (κ3) is 7.41. The van der Waals surface area contributed by atoms with Crippen molar-refractivity contribution in [3.63, 3.8) is 0 Å². The molecule has 1 heterocycles. The Kier molecular flexibility index (Phi) is 9.86. The zero-order valence-corrected chi connectivity index (χ0v) is 24.3. The Morgan fingerprint density at radius 1 is 1.05 bits per heavy atom. The highest BCUT2D eigenvalue weighted by atomic mass is 35.5. The van der Waals surface area contributed by atoms with Gasteiger partial charge in [0, 0.05) is 34.3 Å². The first kappa shape index (κ1) is 30.0. The molecule has 1 aliphatic rings. The summed E-state index contributed by atoms with van der Waals surface area (Å²) >= 11 is 12.4. The second kappa shape index (κ2) is 13.1. The van der Waals surface area contributed by atoms with Gasteiger partial charge in [-0.1, -0.05) is 59.6 Å². The zero-order valence-electron chi connectivity index (χ0n) is 21.9. The Hall–Kier alpha value is -2.95. The molecule has 6 N–H and O–H groups in total. The van der Waals surface area contributed by atoms with Gasteiger partial charge < -0.3 is 16.4 Å². The van der Waals surface area contributed by atoms with Gasteiger partial charge >= 0.3 is 0 Å². The van der Waals surface area contributed by atoms with Crippen LogP contribution >= 0.6 is 23.2 Å². The summed E-state index contributed by atoms with van der Waals surface area (Å²) in [6.45, 7) is 1.69. The van der Waals surface area contributed by atoms with E-state index in [9.17, 15) is 13.2 Å². The second-order valence-corrected chi connectivity index (χ2v) is 12.5. The summed E-state index contributed by atoms with van der Waals surface area (Å²) in [5, 5.41) is 8.62. The zero-order chi connectivity index (χ0) is 28.9. The average Bonchev–Trinajstić information content (AvgIpc) is 2.93. The van der Waals surface area contributed by atoms with Gasteiger partial charge in [0.25, 0.3) is 0 Å². The second-order valence-electron chi connectivity index (χ2n) is 9.99. The van der Waals surface area contributed by atoms with Crippen LogP contribution in [0.15, 0.2) is 71.6 Å². The summed E-state index contributed by atoms with van der Waals surface area (Å²) in [5.74, 6) is 0.0590. The number of halogens is 2. The molecule has 1 atom stereocenters.